The van der Waals surface area contributed by atoms with Gasteiger partial charge in [0.25, 0.3) is 0 Å². The summed E-state index contributed by atoms with van der Waals surface area (Å²) >= 11 is 0. The SMILES string of the molecule is Cc1noc(CNC(C)CC2CCCCCN2)n1. The first kappa shape index (κ1) is 13.5. The summed E-state index contributed by atoms with van der Waals surface area (Å²) in [6.07, 6.45) is 6.50. The molecule has 2 N–H and O–H groups in total. The Morgan fingerprint density at radius 1 is 1.44 bits per heavy atom. The maximum atomic E-state index is 5.09. The van der Waals surface area contributed by atoms with Crippen LogP contribution in [0.2, 0.25) is 0 Å². The van der Waals surface area contributed by atoms with Crippen LogP contribution in [-0.4, -0.2) is 28.8 Å². The molecule has 2 unspecified atom stereocenters. The van der Waals surface area contributed by atoms with E-state index in [1.165, 1.54) is 32.2 Å². The predicted molar refractivity (Wildman–Crippen MR) is 70.2 cm³/mol. The van der Waals surface area contributed by atoms with Gasteiger partial charge in [-0.05, 0) is 39.7 Å². The molecule has 0 bridgehead atoms. The Hall–Kier alpha value is -0.940. The molecule has 2 atom stereocenters. The molecule has 1 aromatic heterocycles. The Kier molecular flexibility index (Phi) is 5.13. The summed E-state index contributed by atoms with van der Waals surface area (Å²) in [4.78, 5) is 4.19. The quantitative estimate of drug-likeness (QED) is 0.836. The second-order valence-corrected chi connectivity index (χ2v) is 5.25. The monoisotopic (exact) mass is 252 g/mol. The third kappa shape index (κ3) is 4.38. The van der Waals surface area contributed by atoms with Crippen LogP contribution in [0, 0.1) is 6.92 Å². The molecule has 0 aromatic carbocycles. The van der Waals surface area contributed by atoms with Gasteiger partial charge in [-0.2, -0.15) is 4.98 Å². The van der Waals surface area contributed by atoms with E-state index < -0.39 is 0 Å². The lowest BCUT2D eigenvalue weighted by molar-refractivity contribution is 0.342. The molecule has 0 radical (unpaired) electrons. The highest BCUT2D eigenvalue weighted by Crippen LogP contribution is 2.12. The smallest absolute Gasteiger partial charge is 0.240 e. The number of hydrogen-bond acceptors (Lipinski definition) is 5. The van der Waals surface area contributed by atoms with Crippen LogP contribution >= 0.6 is 0 Å². The van der Waals surface area contributed by atoms with Crippen molar-refractivity contribution in [1.29, 1.82) is 0 Å². The minimum absolute atomic E-state index is 0.466. The molecule has 2 rings (SSSR count). The number of nitrogens with one attached hydrogen (secondary N) is 2. The molecular formula is C13H24N4O. The van der Waals surface area contributed by atoms with Crippen molar-refractivity contribution in [1.82, 2.24) is 20.8 Å². The van der Waals surface area contributed by atoms with E-state index >= 15 is 0 Å². The van der Waals surface area contributed by atoms with Gasteiger partial charge in [0.2, 0.25) is 5.89 Å². The van der Waals surface area contributed by atoms with Gasteiger partial charge in [0, 0.05) is 12.1 Å². The van der Waals surface area contributed by atoms with Crippen LogP contribution in [-0.2, 0) is 6.54 Å². The van der Waals surface area contributed by atoms with Gasteiger partial charge < -0.3 is 15.2 Å². The largest absolute Gasteiger partial charge is 0.338 e. The van der Waals surface area contributed by atoms with E-state index in [1.807, 2.05) is 6.92 Å². The number of hydrogen-bond donors (Lipinski definition) is 2. The lowest BCUT2D eigenvalue weighted by Crippen LogP contribution is -2.36. The number of rotatable bonds is 5. The predicted octanol–water partition coefficient (Wildman–Crippen LogP) is 1.78. The molecule has 5 nitrogen and oxygen atoms in total. The Morgan fingerprint density at radius 2 is 2.33 bits per heavy atom. The van der Waals surface area contributed by atoms with Gasteiger partial charge in [0.15, 0.2) is 5.82 Å². The summed E-state index contributed by atoms with van der Waals surface area (Å²) in [6, 6.07) is 1.12. The van der Waals surface area contributed by atoms with Gasteiger partial charge in [-0.25, -0.2) is 0 Å². The first-order valence-corrected chi connectivity index (χ1v) is 7.00. The van der Waals surface area contributed by atoms with Crippen LogP contribution in [0.15, 0.2) is 4.52 Å². The van der Waals surface area contributed by atoms with Crippen molar-refractivity contribution in [3.8, 4) is 0 Å². The molecular weight excluding hydrogens is 228 g/mol. The highest BCUT2D eigenvalue weighted by Gasteiger charge is 2.15. The Bertz CT molecular complexity index is 345. The third-order valence-corrected chi connectivity index (χ3v) is 3.47. The number of aryl methyl sites for hydroxylation is 1. The Labute approximate surface area is 109 Å². The van der Waals surface area contributed by atoms with Crippen molar-refractivity contribution >= 4 is 0 Å². The molecule has 5 heteroatoms. The summed E-state index contributed by atoms with van der Waals surface area (Å²) in [7, 11) is 0. The Morgan fingerprint density at radius 3 is 3.11 bits per heavy atom. The lowest BCUT2D eigenvalue weighted by Gasteiger charge is -2.20. The summed E-state index contributed by atoms with van der Waals surface area (Å²) in [5.74, 6) is 1.37. The van der Waals surface area contributed by atoms with Gasteiger partial charge in [-0.1, -0.05) is 18.0 Å². The first-order valence-electron chi connectivity index (χ1n) is 7.00. The van der Waals surface area contributed by atoms with E-state index in [0.717, 1.165) is 6.42 Å². The average Bonchev–Trinajstić information content (AvgIpc) is 2.60. The van der Waals surface area contributed by atoms with Gasteiger partial charge in [0.05, 0.1) is 6.54 Å². The highest BCUT2D eigenvalue weighted by atomic mass is 16.5. The van der Waals surface area contributed by atoms with Crippen LogP contribution in [0.3, 0.4) is 0 Å². The Balaban J connectivity index is 1.69. The topological polar surface area (TPSA) is 63.0 Å². The van der Waals surface area contributed by atoms with Crippen molar-refractivity contribution in [2.45, 2.75) is 64.6 Å². The molecule has 0 aliphatic carbocycles. The van der Waals surface area contributed by atoms with Crippen molar-refractivity contribution < 1.29 is 4.52 Å². The molecule has 102 valence electrons. The fraction of sp³-hybridized carbons (Fsp3) is 0.846. The van der Waals surface area contributed by atoms with Crippen LogP contribution in [0.5, 0.6) is 0 Å². The highest BCUT2D eigenvalue weighted by molar-refractivity contribution is 4.83. The summed E-state index contributed by atoms with van der Waals surface area (Å²) in [5, 5.41) is 10.9. The minimum Gasteiger partial charge on any atom is -0.338 e. The number of nitrogens with zero attached hydrogens (tertiary/aromatic N) is 2. The van der Waals surface area contributed by atoms with Crippen molar-refractivity contribution in [2.24, 2.45) is 0 Å². The average molecular weight is 252 g/mol. The molecule has 1 aliphatic rings. The molecule has 1 aliphatic heterocycles. The van der Waals surface area contributed by atoms with Crippen molar-refractivity contribution in [2.75, 3.05) is 6.54 Å². The normalized spacial score (nSPS) is 22.7. The van der Waals surface area contributed by atoms with E-state index in [4.69, 9.17) is 4.52 Å². The van der Waals surface area contributed by atoms with Crippen molar-refractivity contribution in [3.05, 3.63) is 11.7 Å². The van der Waals surface area contributed by atoms with E-state index in [0.29, 0.717) is 30.3 Å². The molecule has 1 saturated heterocycles. The second kappa shape index (κ2) is 6.85. The van der Waals surface area contributed by atoms with Crippen molar-refractivity contribution in [3.63, 3.8) is 0 Å². The van der Waals surface area contributed by atoms with Gasteiger partial charge in [-0.3, -0.25) is 0 Å². The molecule has 0 spiro atoms. The van der Waals surface area contributed by atoms with Crippen LogP contribution in [0.4, 0.5) is 0 Å². The number of aromatic nitrogens is 2. The molecule has 18 heavy (non-hydrogen) atoms. The van der Waals surface area contributed by atoms with Gasteiger partial charge >= 0.3 is 0 Å². The van der Waals surface area contributed by atoms with E-state index in [9.17, 15) is 0 Å². The molecule has 1 aromatic rings. The zero-order valence-electron chi connectivity index (χ0n) is 11.4. The zero-order chi connectivity index (χ0) is 12.8. The third-order valence-electron chi connectivity index (χ3n) is 3.47. The summed E-state index contributed by atoms with van der Waals surface area (Å²) in [6.45, 7) is 5.89. The first-order chi connectivity index (χ1) is 8.74. The summed E-state index contributed by atoms with van der Waals surface area (Å²) in [5.41, 5.74) is 0. The molecule has 0 amide bonds. The minimum atomic E-state index is 0.466. The lowest BCUT2D eigenvalue weighted by atomic mass is 10.0. The maximum absolute atomic E-state index is 5.09. The molecule has 1 fully saturated rings. The van der Waals surface area contributed by atoms with E-state index in [2.05, 4.69) is 27.7 Å². The van der Waals surface area contributed by atoms with Gasteiger partial charge in [0.1, 0.15) is 0 Å². The second-order valence-electron chi connectivity index (χ2n) is 5.25. The fourth-order valence-electron chi connectivity index (χ4n) is 2.49. The van der Waals surface area contributed by atoms with E-state index in [1.54, 1.807) is 0 Å². The summed E-state index contributed by atoms with van der Waals surface area (Å²) < 4.78 is 5.09. The standard InChI is InChI=1S/C13H24N4O/c1-10(8-12-6-4-3-5-7-14-12)15-9-13-16-11(2)17-18-13/h10,12,14-15H,3-9H2,1-2H3. The van der Waals surface area contributed by atoms with Gasteiger partial charge in [-0.15, -0.1) is 0 Å². The maximum Gasteiger partial charge on any atom is 0.240 e. The van der Waals surface area contributed by atoms with E-state index in [-0.39, 0.29) is 0 Å². The zero-order valence-corrected chi connectivity index (χ0v) is 11.4. The van der Waals surface area contributed by atoms with Crippen LogP contribution < -0.4 is 10.6 Å². The fourth-order valence-corrected chi connectivity index (χ4v) is 2.49. The van der Waals surface area contributed by atoms with Crippen LogP contribution in [0.1, 0.15) is 50.7 Å². The molecule has 2 heterocycles. The van der Waals surface area contributed by atoms with Crippen LogP contribution in [0.25, 0.3) is 0 Å². The molecule has 0 saturated carbocycles.